The van der Waals surface area contributed by atoms with E-state index in [1.54, 1.807) is 7.11 Å². The van der Waals surface area contributed by atoms with Gasteiger partial charge >= 0.3 is 0 Å². The van der Waals surface area contributed by atoms with Gasteiger partial charge in [-0.15, -0.1) is 0 Å². The van der Waals surface area contributed by atoms with Gasteiger partial charge in [-0.3, -0.25) is 0 Å². The maximum absolute atomic E-state index is 5.76. The Bertz CT molecular complexity index is 415. The minimum atomic E-state index is 0.237. The van der Waals surface area contributed by atoms with E-state index in [0.717, 1.165) is 38.2 Å². The van der Waals surface area contributed by atoms with E-state index in [0.29, 0.717) is 5.88 Å². The molecule has 0 saturated carbocycles. The Kier molecular flexibility index (Phi) is 5.21. The molecule has 1 unspecified atom stereocenters. The molecule has 104 valence electrons. The average Bonchev–Trinajstić information content (AvgIpc) is 2.48. The molecule has 4 nitrogen and oxygen atoms in total. The van der Waals surface area contributed by atoms with Crippen LogP contribution in [0.1, 0.15) is 25.3 Å². The highest BCUT2D eigenvalue weighted by Crippen LogP contribution is 2.17. The maximum atomic E-state index is 5.76. The van der Waals surface area contributed by atoms with E-state index in [2.05, 4.69) is 29.4 Å². The van der Waals surface area contributed by atoms with E-state index in [1.807, 2.05) is 12.3 Å². The second-order valence-electron chi connectivity index (χ2n) is 4.62. The lowest BCUT2D eigenvalue weighted by Gasteiger charge is -2.24. The molecule has 0 radical (unpaired) electrons. The zero-order valence-corrected chi connectivity index (χ0v) is 11.7. The van der Waals surface area contributed by atoms with Gasteiger partial charge in [-0.05, 0) is 37.4 Å². The first-order chi connectivity index (χ1) is 9.33. The predicted molar refractivity (Wildman–Crippen MR) is 75.2 cm³/mol. The van der Waals surface area contributed by atoms with Crippen molar-refractivity contribution < 1.29 is 9.47 Å². The Hall–Kier alpha value is -1.55. The van der Waals surface area contributed by atoms with Crippen molar-refractivity contribution in [3.63, 3.8) is 0 Å². The zero-order valence-electron chi connectivity index (χ0n) is 11.7. The Balaban J connectivity index is 2.04. The van der Waals surface area contributed by atoms with Crippen LogP contribution in [-0.4, -0.2) is 31.3 Å². The third kappa shape index (κ3) is 3.96. The summed E-state index contributed by atoms with van der Waals surface area (Å²) in [7, 11) is 1.63. The van der Waals surface area contributed by atoms with Crippen molar-refractivity contribution >= 4 is 0 Å². The number of nitrogens with one attached hydrogen (secondary N) is 1. The Morgan fingerprint density at radius 1 is 1.47 bits per heavy atom. The fourth-order valence-corrected chi connectivity index (χ4v) is 2.23. The summed E-state index contributed by atoms with van der Waals surface area (Å²) in [5.74, 6) is 1.72. The Labute approximate surface area is 114 Å². The van der Waals surface area contributed by atoms with Crippen molar-refractivity contribution in [2.24, 2.45) is 0 Å². The number of nitrogens with zero attached hydrogens (tertiary/aromatic N) is 1. The molecule has 4 heteroatoms. The number of allylic oxidation sites excluding steroid dienone is 1. The first-order valence-electron chi connectivity index (χ1n) is 6.88. The van der Waals surface area contributed by atoms with Crippen molar-refractivity contribution in [1.82, 2.24) is 10.3 Å². The summed E-state index contributed by atoms with van der Waals surface area (Å²) in [5.41, 5.74) is 1.18. The summed E-state index contributed by atoms with van der Waals surface area (Å²) in [6, 6.07) is 4.19. The number of methoxy groups -OCH3 is 1. The summed E-state index contributed by atoms with van der Waals surface area (Å²) in [5, 5.41) is 3.48. The van der Waals surface area contributed by atoms with Gasteiger partial charge in [0.1, 0.15) is 5.76 Å². The molecule has 1 aromatic heterocycles. The molecule has 1 aliphatic heterocycles. The Morgan fingerprint density at radius 2 is 2.37 bits per heavy atom. The number of aromatic nitrogens is 1. The summed E-state index contributed by atoms with van der Waals surface area (Å²) < 4.78 is 10.8. The highest BCUT2D eigenvalue weighted by atomic mass is 16.5. The highest BCUT2D eigenvalue weighted by Gasteiger charge is 2.17. The van der Waals surface area contributed by atoms with E-state index in [-0.39, 0.29) is 6.04 Å². The average molecular weight is 262 g/mol. The molecule has 1 aromatic rings. The molecule has 0 bridgehead atoms. The maximum Gasteiger partial charge on any atom is 0.212 e. The molecule has 1 aliphatic rings. The van der Waals surface area contributed by atoms with Crippen LogP contribution in [0.3, 0.4) is 0 Å². The van der Waals surface area contributed by atoms with Gasteiger partial charge in [-0.25, -0.2) is 4.98 Å². The van der Waals surface area contributed by atoms with Gasteiger partial charge in [0, 0.05) is 12.3 Å². The van der Waals surface area contributed by atoms with Gasteiger partial charge in [0.2, 0.25) is 5.88 Å². The third-order valence-electron chi connectivity index (χ3n) is 3.20. The lowest BCUT2D eigenvalue weighted by molar-refractivity contribution is 0.167. The quantitative estimate of drug-likeness (QED) is 0.854. The summed E-state index contributed by atoms with van der Waals surface area (Å²) >= 11 is 0. The molecular formula is C15H22N2O2. The van der Waals surface area contributed by atoms with Crippen molar-refractivity contribution in [2.45, 2.75) is 32.2 Å². The normalized spacial score (nSPS) is 16.4. The summed E-state index contributed by atoms with van der Waals surface area (Å²) in [4.78, 5) is 4.25. The second-order valence-corrected chi connectivity index (χ2v) is 4.62. The van der Waals surface area contributed by atoms with E-state index in [1.165, 1.54) is 5.56 Å². The number of hydrogen-bond acceptors (Lipinski definition) is 4. The number of pyridine rings is 1. The number of ether oxygens (including phenoxy) is 2. The van der Waals surface area contributed by atoms with Crippen molar-refractivity contribution in [1.29, 1.82) is 0 Å². The second kappa shape index (κ2) is 7.14. The van der Waals surface area contributed by atoms with Crippen LogP contribution in [0.25, 0.3) is 0 Å². The smallest absolute Gasteiger partial charge is 0.212 e. The SMILES string of the molecule is CCNC(Cc1ccc(OC)nc1)C1=CCCCO1. The Morgan fingerprint density at radius 3 is 2.95 bits per heavy atom. The van der Waals surface area contributed by atoms with Crippen LogP contribution in [0.2, 0.25) is 0 Å². The molecule has 1 N–H and O–H groups in total. The molecule has 1 atom stereocenters. The fraction of sp³-hybridized carbons (Fsp3) is 0.533. The molecule has 2 rings (SSSR count). The molecular weight excluding hydrogens is 240 g/mol. The summed E-state index contributed by atoms with van der Waals surface area (Å²) in [6.07, 6.45) is 7.18. The molecule has 0 amide bonds. The molecule has 0 saturated heterocycles. The molecule has 19 heavy (non-hydrogen) atoms. The van der Waals surface area contributed by atoms with Crippen LogP contribution in [-0.2, 0) is 11.2 Å². The largest absolute Gasteiger partial charge is 0.497 e. The lowest BCUT2D eigenvalue weighted by atomic mass is 10.0. The van der Waals surface area contributed by atoms with E-state index >= 15 is 0 Å². The third-order valence-corrected chi connectivity index (χ3v) is 3.20. The zero-order chi connectivity index (χ0) is 13.5. The predicted octanol–water partition coefficient (Wildman–Crippen LogP) is 2.31. The van der Waals surface area contributed by atoms with Crippen LogP contribution in [0.5, 0.6) is 5.88 Å². The topological polar surface area (TPSA) is 43.4 Å². The molecule has 0 fully saturated rings. The van der Waals surface area contributed by atoms with Gasteiger partial charge in [-0.2, -0.15) is 0 Å². The lowest BCUT2D eigenvalue weighted by Crippen LogP contribution is -2.34. The molecule has 2 heterocycles. The van der Waals surface area contributed by atoms with E-state index < -0.39 is 0 Å². The van der Waals surface area contributed by atoms with Gasteiger partial charge in [0.15, 0.2) is 0 Å². The van der Waals surface area contributed by atoms with Crippen LogP contribution < -0.4 is 10.1 Å². The summed E-state index contributed by atoms with van der Waals surface area (Å²) in [6.45, 7) is 3.87. The first-order valence-corrected chi connectivity index (χ1v) is 6.88. The number of rotatable bonds is 6. The van der Waals surface area contributed by atoms with Crippen molar-refractivity contribution in [2.75, 3.05) is 20.3 Å². The highest BCUT2D eigenvalue weighted by molar-refractivity contribution is 5.21. The van der Waals surface area contributed by atoms with Crippen LogP contribution in [0.15, 0.2) is 30.2 Å². The number of likely N-dealkylation sites (N-methyl/N-ethyl adjacent to an activating group) is 1. The van der Waals surface area contributed by atoms with Gasteiger partial charge in [-0.1, -0.05) is 13.0 Å². The van der Waals surface area contributed by atoms with Crippen molar-refractivity contribution in [3.05, 3.63) is 35.7 Å². The number of hydrogen-bond donors (Lipinski definition) is 1. The molecule has 0 aliphatic carbocycles. The van der Waals surface area contributed by atoms with E-state index in [9.17, 15) is 0 Å². The van der Waals surface area contributed by atoms with Gasteiger partial charge in [0.25, 0.3) is 0 Å². The molecule has 0 aromatic carbocycles. The van der Waals surface area contributed by atoms with Crippen LogP contribution in [0.4, 0.5) is 0 Å². The monoisotopic (exact) mass is 262 g/mol. The fourth-order valence-electron chi connectivity index (χ4n) is 2.23. The molecule has 0 spiro atoms. The van der Waals surface area contributed by atoms with Crippen LogP contribution >= 0.6 is 0 Å². The minimum Gasteiger partial charge on any atom is -0.497 e. The standard InChI is InChI=1S/C15H22N2O2/c1-3-16-13(14-6-4-5-9-19-14)10-12-7-8-15(18-2)17-11-12/h6-8,11,13,16H,3-5,9-10H2,1-2H3. The van der Waals surface area contributed by atoms with Crippen LogP contribution in [0, 0.1) is 0 Å². The van der Waals surface area contributed by atoms with Crippen molar-refractivity contribution in [3.8, 4) is 5.88 Å². The van der Waals surface area contributed by atoms with E-state index in [4.69, 9.17) is 9.47 Å². The van der Waals surface area contributed by atoms with Gasteiger partial charge < -0.3 is 14.8 Å². The first kappa shape index (κ1) is 13.9. The van der Waals surface area contributed by atoms with Gasteiger partial charge in [0.05, 0.1) is 19.8 Å². The minimum absolute atomic E-state index is 0.237.